The van der Waals surface area contributed by atoms with Crippen LogP contribution >= 0.6 is 0 Å². The zero-order valence-electron chi connectivity index (χ0n) is 17.9. The van der Waals surface area contributed by atoms with Gasteiger partial charge in [0.05, 0.1) is 35.7 Å². The average Bonchev–Trinajstić information content (AvgIpc) is 3.25. The third-order valence-electron chi connectivity index (χ3n) is 5.89. The number of nitrogens with zero attached hydrogens (tertiary/aromatic N) is 5. The largest absolute Gasteiger partial charge is 0.417 e. The van der Waals surface area contributed by atoms with Crippen LogP contribution in [0, 0.1) is 11.3 Å². The summed E-state index contributed by atoms with van der Waals surface area (Å²) in [5, 5.41) is 21.8. The number of aromatic nitrogens is 3. The molecule has 0 bridgehead atoms. The number of hydrogen-bond donors (Lipinski definition) is 2. The van der Waals surface area contributed by atoms with E-state index in [4.69, 9.17) is 0 Å². The predicted molar refractivity (Wildman–Crippen MR) is 116 cm³/mol. The number of benzene rings is 1. The molecule has 10 heteroatoms. The third-order valence-corrected chi connectivity index (χ3v) is 5.89. The number of nitrogens with one attached hydrogen (secondary N) is 1. The Bertz CT molecular complexity index is 1210. The summed E-state index contributed by atoms with van der Waals surface area (Å²) in [6.07, 6.45) is -2.33. The van der Waals surface area contributed by atoms with Crippen LogP contribution in [0.4, 0.5) is 24.9 Å². The third kappa shape index (κ3) is 4.32. The van der Waals surface area contributed by atoms with E-state index in [-0.39, 0.29) is 24.8 Å². The lowest BCUT2D eigenvalue weighted by Crippen LogP contribution is -2.25. The summed E-state index contributed by atoms with van der Waals surface area (Å²) in [6.45, 7) is 2.19. The van der Waals surface area contributed by atoms with Gasteiger partial charge in [-0.1, -0.05) is 24.3 Å². The number of pyridine rings is 1. The molecule has 1 unspecified atom stereocenters. The molecule has 0 radical (unpaired) electrons. The Morgan fingerprint density at radius 2 is 1.97 bits per heavy atom. The number of nitriles is 1. The van der Waals surface area contributed by atoms with Gasteiger partial charge in [0.2, 0.25) is 5.95 Å². The first-order valence-corrected chi connectivity index (χ1v) is 10.2. The van der Waals surface area contributed by atoms with Gasteiger partial charge in [-0.15, -0.1) is 0 Å². The maximum atomic E-state index is 13.2. The van der Waals surface area contributed by atoms with Crippen LogP contribution in [0.3, 0.4) is 0 Å². The van der Waals surface area contributed by atoms with Crippen molar-refractivity contribution in [3.8, 4) is 6.07 Å². The van der Waals surface area contributed by atoms with Crippen LogP contribution < -0.4 is 10.2 Å². The first-order valence-electron chi connectivity index (χ1n) is 10.2. The van der Waals surface area contributed by atoms with E-state index >= 15 is 0 Å². The molecule has 0 aliphatic carbocycles. The van der Waals surface area contributed by atoms with Gasteiger partial charge in [-0.25, -0.2) is 15.0 Å². The molecule has 1 aliphatic rings. The standard InChI is InChI=1S/C23H21F3N6O/c1-13(15-5-3-14(12-33)4-6-15)32(2)22-30-9-16(8-27)20(31-22)19-11-29-21-18(19)7-17(10-28-21)23(24,25)26/h3-7,9-10,13,19,33H,11-12H2,1-2H3,(H,28,29)/t13-,19?/m1/s1. The quantitative estimate of drug-likeness (QED) is 0.601. The molecule has 0 amide bonds. The minimum atomic E-state index is -4.52. The number of fused-ring (bicyclic) bond motifs is 1. The molecule has 0 saturated carbocycles. The highest BCUT2D eigenvalue weighted by Crippen LogP contribution is 2.39. The number of anilines is 2. The Balaban J connectivity index is 1.70. The summed E-state index contributed by atoms with van der Waals surface area (Å²) in [7, 11) is 1.81. The van der Waals surface area contributed by atoms with Crippen LogP contribution in [0.2, 0.25) is 0 Å². The summed E-state index contributed by atoms with van der Waals surface area (Å²) in [5.74, 6) is 0.123. The maximum absolute atomic E-state index is 13.2. The molecule has 2 N–H and O–H groups in total. The Kier molecular flexibility index (Phi) is 5.91. The van der Waals surface area contributed by atoms with Gasteiger partial charge in [0.15, 0.2) is 0 Å². The highest BCUT2D eigenvalue weighted by Gasteiger charge is 2.36. The Morgan fingerprint density at radius 3 is 2.61 bits per heavy atom. The summed E-state index contributed by atoms with van der Waals surface area (Å²) in [4.78, 5) is 14.6. The molecule has 3 aromatic rings. The van der Waals surface area contributed by atoms with Crippen molar-refractivity contribution in [2.24, 2.45) is 0 Å². The van der Waals surface area contributed by atoms with E-state index in [1.54, 1.807) is 7.05 Å². The predicted octanol–water partition coefficient (Wildman–Crippen LogP) is 4.01. The van der Waals surface area contributed by atoms with Crippen molar-refractivity contribution < 1.29 is 18.3 Å². The van der Waals surface area contributed by atoms with E-state index in [0.717, 1.165) is 23.4 Å². The zero-order chi connectivity index (χ0) is 23.8. The normalized spacial score (nSPS) is 16.0. The number of hydrogen-bond acceptors (Lipinski definition) is 7. The number of aliphatic hydroxyl groups excluding tert-OH is 1. The van der Waals surface area contributed by atoms with Gasteiger partial charge in [-0.05, 0) is 24.1 Å². The lowest BCUT2D eigenvalue weighted by atomic mass is 9.95. The number of halogens is 3. The monoisotopic (exact) mass is 454 g/mol. The van der Waals surface area contributed by atoms with Gasteiger partial charge < -0.3 is 15.3 Å². The lowest BCUT2D eigenvalue weighted by Gasteiger charge is -2.26. The van der Waals surface area contributed by atoms with Crippen molar-refractivity contribution >= 4 is 11.8 Å². The van der Waals surface area contributed by atoms with Gasteiger partial charge >= 0.3 is 6.18 Å². The fourth-order valence-corrected chi connectivity index (χ4v) is 3.81. The SMILES string of the molecule is C[C@H](c1ccc(CO)cc1)N(C)c1ncc(C#N)c(C2CNc3ncc(C(F)(F)F)cc32)n1. The smallest absolute Gasteiger partial charge is 0.392 e. The highest BCUT2D eigenvalue weighted by atomic mass is 19.4. The van der Waals surface area contributed by atoms with Gasteiger partial charge in [-0.3, -0.25) is 0 Å². The summed E-state index contributed by atoms with van der Waals surface area (Å²) < 4.78 is 39.7. The van der Waals surface area contributed by atoms with E-state index in [1.165, 1.54) is 6.20 Å². The number of rotatable bonds is 5. The van der Waals surface area contributed by atoms with Crippen LogP contribution in [0.1, 0.15) is 52.4 Å². The first kappa shape index (κ1) is 22.5. The molecule has 2 atom stereocenters. The van der Waals surface area contributed by atoms with Crippen LogP contribution in [0.15, 0.2) is 42.7 Å². The van der Waals surface area contributed by atoms with Gasteiger partial charge in [0.25, 0.3) is 0 Å². The Labute approximate surface area is 188 Å². The van der Waals surface area contributed by atoms with Crippen LogP contribution in [0.5, 0.6) is 0 Å². The molecule has 0 saturated heterocycles. The zero-order valence-corrected chi connectivity index (χ0v) is 17.9. The second kappa shape index (κ2) is 8.67. The van der Waals surface area contributed by atoms with Crippen molar-refractivity contribution in [2.75, 3.05) is 23.8 Å². The van der Waals surface area contributed by atoms with Crippen molar-refractivity contribution in [1.29, 1.82) is 5.26 Å². The molecule has 3 heterocycles. The van der Waals surface area contributed by atoms with Crippen molar-refractivity contribution in [1.82, 2.24) is 15.0 Å². The summed E-state index contributed by atoms with van der Waals surface area (Å²) in [5.41, 5.74) is 1.82. The minimum absolute atomic E-state index is 0.0472. The molecule has 33 heavy (non-hydrogen) atoms. The molecular formula is C23H21F3N6O. The van der Waals surface area contributed by atoms with Crippen LogP contribution in [-0.4, -0.2) is 33.7 Å². The fourth-order valence-electron chi connectivity index (χ4n) is 3.81. The van der Waals surface area contributed by atoms with E-state index in [2.05, 4.69) is 26.3 Å². The molecule has 0 spiro atoms. The second-order valence-electron chi connectivity index (χ2n) is 7.86. The molecule has 2 aromatic heterocycles. The van der Waals surface area contributed by atoms with Crippen molar-refractivity contribution in [3.63, 3.8) is 0 Å². The minimum Gasteiger partial charge on any atom is -0.392 e. The fraction of sp³-hybridized carbons (Fsp3) is 0.304. The molecule has 1 aliphatic heterocycles. The first-order chi connectivity index (χ1) is 15.7. The van der Waals surface area contributed by atoms with Crippen molar-refractivity contribution in [3.05, 3.63) is 76.2 Å². The van der Waals surface area contributed by atoms with Crippen molar-refractivity contribution in [2.45, 2.75) is 31.7 Å². The topological polar surface area (TPSA) is 98.0 Å². The molecule has 7 nitrogen and oxygen atoms in total. The molecule has 0 fully saturated rings. The number of alkyl halides is 3. The Hall–Kier alpha value is -3.71. The van der Waals surface area contributed by atoms with Gasteiger partial charge in [0, 0.05) is 31.3 Å². The highest BCUT2D eigenvalue weighted by molar-refractivity contribution is 5.58. The molecular weight excluding hydrogens is 433 g/mol. The van der Waals surface area contributed by atoms with Gasteiger partial charge in [-0.2, -0.15) is 18.4 Å². The lowest BCUT2D eigenvalue weighted by molar-refractivity contribution is -0.137. The molecule has 4 rings (SSSR count). The van der Waals surface area contributed by atoms with E-state index in [1.807, 2.05) is 36.1 Å². The molecule has 170 valence electrons. The molecule has 1 aromatic carbocycles. The van der Waals surface area contributed by atoms with Gasteiger partial charge in [0.1, 0.15) is 11.9 Å². The summed E-state index contributed by atoms with van der Waals surface area (Å²) in [6, 6.07) is 10.4. The van der Waals surface area contributed by atoms with Crippen LogP contribution in [-0.2, 0) is 12.8 Å². The maximum Gasteiger partial charge on any atom is 0.417 e. The van der Waals surface area contributed by atoms with E-state index in [0.29, 0.717) is 23.0 Å². The summed E-state index contributed by atoms with van der Waals surface area (Å²) >= 11 is 0. The number of aliphatic hydroxyl groups is 1. The van der Waals surface area contributed by atoms with Crippen LogP contribution in [0.25, 0.3) is 0 Å². The van der Waals surface area contributed by atoms with E-state index in [9.17, 15) is 23.5 Å². The Morgan fingerprint density at radius 1 is 1.24 bits per heavy atom. The van der Waals surface area contributed by atoms with E-state index < -0.39 is 17.7 Å². The second-order valence-corrected chi connectivity index (χ2v) is 7.86. The average molecular weight is 454 g/mol.